The van der Waals surface area contributed by atoms with Gasteiger partial charge in [-0.3, -0.25) is 4.79 Å². The van der Waals surface area contributed by atoms with Crippen molar-refractivity contribution in [3.63, 3.8) is 0 Å². The molecule has 1 atom stereocenters. The fraction of sp³-hybridized carbons (Fsp3) is 0.895. The first-order valence-electron chi connectivity index (χ1n) is 9.61. The molecule has 7 heteroatoms. The Morgan fingerprint density at radius 2 is 1.81 bits per heavy atom. The zero-order valence-corrected chi connectivity index (χ0v) is 17.6. The first-order chi connectivity index (χ1) is 11.8. The van der Waals surface area contributed by atoms with Gasteiger partial charge in [0.05, 0.1) is 12.5 Å². The summed E-state index contributed by atoms with van der Waals surface area (Å²) in [7, 11) is 0. The summed E-state index contributed by atoms with van der Waals surface area (Å²) in [5, 5.41) is 0. The molecule has 0 aromatic carbocycles. The lowest BCUT2D eigenvalue weighted by atomic mass is 9.87. The zero-order chi connectivity index (χ0) is 18.9. The number of carbonyl (C=O) groups excluding carboxylic acids is 2. The first kappa shape index (κ1) is 25.0. The standard InChI is InChI=1S/C19H36N2O4.ClH/c1-5-24-17(22)16(7-6-12-20)9-8-15-10-13-21(14-11-15)18(23)25-19(2,3)4;/h15-16H,5-14,20H2,1-4H3;1H. The van der Waals surface area contributed by atoms with Gasteiger partial charge in [0.2, 0.25) is 0 Å². The van der Waals surface area contributed by atoms with E-state index < -0.39 is 5.60 Å². The van der Waals surface area contributed by atoms with Crippen LogP contribution in [-0.2, 0) is 14.3 Å². The molecule has 1 aliphatic rings. The van der Waals surface area contributed by atoms with Crippen LogP contribution in [0, 0.1) is 11.8 Å². The van der Waals surface area contributed by atoms with Gasteiger partial charge in [-0.15, -0.1) is 12.4 Å². The van der Waals surface area contributed by atoms with Crippen molar-refractivity contribution in [2.24, 2.45) is 17.6 Å². The molecule has 154 valence electrons. The van der Waals surface area contributed by atoms with Crippen molar-refractivity contribution in [3.8, 4) is 0 Å². The van der Waals surface area contributed by atoms with E-state index in [0.717, 1.165) is 51.6 Å². The number of nitrogens with two attached hydrogens (primary N) is 1. The Balaban J connectivity index is 0.00000625. The molecule has 1 amide bonds. The Morgan fingerprint density at radius 3 is 2.31 bits per heavy atom. The Bertz CT molecular complexity index is 418. The molecule has 1 heterocycles. The summed E-state index contributed by atoms with van der Waals surface area (Å²) < 4.78 is 10.6. The summed E-state index contributed by atoms with van der Waals surface area (Å²) >= 11 is 0. The van der Waals surface area contributed by atoms with Crippen molar-refractivity contribution in [2.45, 2.75) is 71.8 Å². The van der Waals surface area contributed by atoms with E-state index in [1.165, 1.54) is 0 Å². The molecule has 0 spiro atoms. The van der Waals surface area contributed by atoms with Gasteiger partial charge in [-0.1, -0.05) is 0 Å². The van der Waals surface area contributed by atoms with E-state index in [-0.39, 0.29) is 30.4 Å². The predicted octanol–water partition coefficient (Wildman–Crippen LogP) is 3.75. The molecular weight excluding hydrogens is 356 g/mol. The molecule has 0 aliphatic carbocycles. The van der Waals surface area contributed by atoms with Crippen molar-refractivity contribution >= 4 is 24.5 Å². The number of hydrogen-bond acceptors (Lipinski definition) is 5. The van der Waals surface area contributed by atoms with Gasteiger partial charge in [0.1, 0.15) is 5.60 Å². The summed E-state index contributed by atoms with van der Waals surface area (Å²) in [5.74, 6) is 0.406. The number of esters is 1. The summed E-state index contributed by atoms with van der Waals surface area (Å²) in [6.45, 7) is 9.97. The van der Waals surface area contributed by atoms with E-state index in [1.54, 1.807) is 4.90 Å². The van der Waals surface area contributed by atoms with E-state index >= 15 is 0 Å². The molecule has 0 aromatic heterocycles. The maximum absolute atomic E-state index is 12.1. The minimum atomic E-state index is -0.455. The third kappa shape index (κ3) is 9.62. The molecule has 1 unspecified atom stereocenters. The highest BCUT2D eigenvalue weighted by atomic mass is 35.5. The Morgan fingerprint density at radius 1 is 1.19 bits per heavy atom. The third-order valence-electron chi connectivity index (χ3n) is 4.57. The zero-order valence-electron chi connectivity index (χ0n) is 16.8. The molecule has 0 bridgehead atoms. The largest absolute Gasteiger partial charge is 0.466 e. The molecule has 1 fully saturated rings. The first-order valence-corrected chi connectivity index (χ1v) is 9.61. The molecule has 26 heavy (non-hydrogen) atoms. The van der Waals surface area contributed by atoms with Gasteiger partial charge in [0, 0.05) is 13.1 Å². The second kappa shape index (κ2) is 12.4. The van der Waals surface area contributed by atoms with Crippen molar-refractivity contribution in [1.82, 2.24) is 4.90 Å². The van der Waals surface area contributed by atoms with Gasteiger partial charge in [-0.25, -0.2) is 4.79 Å². The molecule has 1 rings (SSSR count). The topological polar surface area (TPSA) is 81.9 Å². The maximum atomic E-state index is 12.1. The number of piperidine rings is 1. The highest BCUT2D eigenvalue weighted by Crippen LogP contribution is 2.27. The Hall–Kier alpha value is -1.01. The number of amides is 1. The van der Waals surface area contributed by atoms with Crippen LogP contribution < -0.4 is 5.73 Å². The van der Waals surface area contributed by atoms with Gasteiger partial charge in [0.15, 0.2) is 0 Å². The number of ether oxygens (including phenoxy) is 2. The number of rotatable bonds is 8. The molecule has 1 saturated heterocycles. The van der Waals surface area contributed by atoms with Crippen molar-refractivity contribution in [1.29, 1.82) is 0 Å². The average Bonchev–Trinajstić information content (AvgIpc) is 2.54. The van der Waals surface area contributed by atoms with Crippen LogP contribution in [0.2, 0.25) is 0 Å². The highest BCUT2D eigenvalue weighted by molar-refractivity contribution is 5.85. The van der Waals surface area contributed by atoms with Gasteiger partial charge in [-0.2, -0.15) is 0 Å². The fourth-order valence-electron chi connectivity index (χ4n) is 3.17. The van der Waals surface area contributed by atoms with Crippen LogP contribution in [0.3, 0.4) is 0 Å². The highest BCUT2D eigenvalue weighted by Gasteiger charge is 2.28. The lowest BCUT2D eigenvalue weighted by Gasteiger charge is -2.33. The van der Waals surface area contributed by atoms with Crippen molar-refractivity contribution < 1.29 is 19.1 Å². The monoisotopic (exact) mass is 392 g/mol. The number of nitrogens with zero attached hydrogens (tertiary/aromatic N) is 1. The number of carbonyl (C=O) groups is 2. The molecule has 1 aliphatic heterocycles. The van der Waals surface area contributed by atoms with E-state index in [2.05, 4.69) is 0 Å². The summed E-state index contributed by atoms with van der Waals surface area (Å²) in [6, 6.07) is 0. The lowest BCUT2D eigenvalue weighted by Crippen LogP contribution is -2.41. The summed E-state index contributed by atoms with van der Waals surface area (Å²) in [6.07, 6.45) is 5.19. The average molecular weight is 393 g/mol. The van der Waals surface area contributed by atoms with Crippen LogP contribution in [0.1, 0.15) is 66.2 Å². The molecular formula is C19H37ClN2O4. The second-order valence-corrected chi connectivity index (χ2v) is 7.87. The number of likely N-dealkylation sites (tertiary alicyclic amines) is 1. The fourth-order valence-corrected chi connectivity index (χ4v) is 3.17. The van der Waals surface area contributed by atoms with Gasteiger partial charge in [0.25, 0.3) is 0 Å². The lowest BCUT2D eigenvalue weighted by molar-refractivity contribution is -0.148. The smallest absolute Gasteiger partial charge is 0.410 e. The summed E-state index contributed by atoms with van der Waals surface area (Å²) in [4.78, 5) is 26.0. The van der Waals surface area contributed by atoms with Crippen LogP contribution in [0.25, 0.3) is 0 Å². The van der Waals surface area contributed by atoms with Gasteiger partial charge in [-0.05, 0) is 78.7 Å². The van der Waals surface area contributed by atoms with E-state index in [1.807, 2.05) is 27.7 Å². The van der Waals surface area contributed by atoms with Gasteiger partial charge < -0.3 is 20.1 Å². The quantitative estimate of drug-likeness (QED) is 0.636. The van der Waals surface area contributed by atoms with E-state index in [4.69, 9.17) is 15.2 Å². The third-order valence-corrected chi connectivity index (χ3v) is 4.57. The Kier molecular flexibility index (Phi) is 11.9. The molecule has 2 N–H and O–H groups in total. The number of hydrogen-bond donors (Lipinski definition) is 1. The van der Waals surface area contributed by atoms with Crippen LogP contribution in [-0.4, -0.2) is 48.8 Å². The molecule has 0 aromatic rings. The molecule has 0 radical (unpaired) electrons. The number of halogens is 1. The van der Waals surface area contributed by atoms with Crippen molar-refractivity contribution in [2.75, 3.05) is 26.2 Å². The van der Waals surface area contributed by atoms with Gasteiger partial charge >= 0.3 is 12.1 Å². The van der Waals surface area contributed by atoms with E-state index in [0.29, 0.717) is 19.1 Å². The molecule has 0 saturated carbocycles. The van der Waals surface area contributed by atoms with Crippen LogP contribution >= 0.6 is 12.4 Å². The minimum absolute atomic E-state index is 0. The summed E-state index contributed by atoms with van der Waals surface area (Å²) in [5.41, 5.74) is 5.12. The van der Waals surface area contributed by atoms with Crippen LogP contribution in [0.15, 0.2) is 0 Å². The van der Waals surface area contributed by atoms with Crippen LogP contribution in [0.5, 0.6) is 0 Å². The van der Waals surface area contributed by atoms with E-state index in [9.17, 15) is 9.59 Å². The van der Waals surface area contributed by atoms with Crippen LogP contribution in [0.4, 0.5) is 4.79 Å². The second-order valence-electron chi connectivity index (χ2n) is 7.87. The van der Waals surface area contributed by atoms with Crippen molar-refractivity contribution in [3.05, 3.63) is 0 Å². The predicted molar refractivity (Wildman–Crippen MR) is 105 cm³/mol. The SMILES string of the molecule is CCOC(=O)C(CCCN)CCC1CCN(C(=O)OC(C)(C)C)CC1.Cl. The molecule has 6 nitrogen and oxygen atoms in total. The maximum Gasteiger partial charge on any atom is 0.410 e. The Labute approximate surface area is 164 Å². The minimum Gasteiger partial charge on any atom is -0.466 e. The normalized spacial score (nSPS) is 16.6.